The van der Waals surface area contributed by atoms with Gasteiger partial charge >= 0.3 is 0 Å². The van der Waals surface area contributed by atoms with Gasteiger partial charge in [0.05, 0.1) is 0 Å². The van der Waals surface area contributed by atoms with Crippen LogP contribution in [0.3, 0.4) is 0 Å². The van der Waals surface area contributed by atoms with Crippen LogP contribution in [0.15, 0.2) is 0 Å². The molecule has 0 bridgehead atoms. The third-order valence-electron chi connectivity index (χ3n) is 2.47. The highest BCUT2D eigenvalue weighted by atomic mass is 16.2. The molecule has 2 amide bonds. The zero-order chi connectivity index (χ0) is 10.7. The molecule has 78 valence electrons. The third-order valence-corrected chi connectivity index (χ3v) is 2.47. The van der Waals surface area contributed by atoms with Gasteiger partial charge in [-0.2, -0.15) is 0 Å². The number of carbonyl (C=O) groups excluding carboxylic acids is 3. The molecule has 1 saturated heterocycles. The Morgan fingerprint density at radius 3 is 2.71 bits per heavy atom. The first-order valence-corrected chi connectivity index (χ1v) is 4.86. The van der Waals surface area contributed by atoms with Gasteiger partial charge in [-0.3, -0.25) is 19.3 Å². The van der Waals surface area contributed by atoms with Crippen LogP contribution in [0, 0.1) is 5.92 Å². The van der Waals surface area contributed by atoms with E-state index in [0.717, 1.165) is 0 Å². The minimum atomic E-state index is -0.144. The summed E-state index contributed by atoms with van der Waals surface area (Å²) in [5.74, 6) is -0.361. The highest BCUT2D eigenvalue weighted by molar-refractivity contribution is 5.98. The van der Waals surface area contributed by atoms with Crippen LogP contribution in [0.4, 0.5) is 0 Å². The highest BCUT2D eigenvalue weighted by Crippen LogP contribution is 2.18. The smallest absolute Gasteiger partial charge is 0.232 e. The Morgan fingerprint density at radius 1 is 1.50 bits per heavy atom. The van der Waals surface area contributed by atoms with E-state index in [9.17, 15) is 14.4 Å². The number of imide groups is 1. The lowest BCUT2D eigenvalue weighted by Gasteiger charge is -2.28. The van der Waals surface area contributed by atoms with Gasteiger partial charge in [-0.25, -0.2) is 0 Å². The van der Waals surface area contributed by atoms with Crippen molar-refractivity contribution in [2.45, 2.75) is 33.1 Å². The van der Waals surface area contributed by atoms with Gasteiger partial charge in [-0.1, -0.05) is 6.92 Å². The minimum Gasteiger partial charge on any atom is -0.300 e. The first kappa shape index (κ1) is 10.9. The molecule has 1 heterocycles. The quantitative estimate of drug-likeness (QED) is 0.627. The van der Waals surface area contributed by atoms with Gasteiger partial charge in [0.1, 0.15) is 5.78 Å². The van der Waals surface area contributed by atoms with Crippen LogP contribution in [-0.4, -0.2) is 29.0 Å². The van der Waals surface area contributed by atoms with Gasteiger partial charge in [0.2, 0.25) is 11.8 Å². The fourth-order valence-corrected chi connectivity index (χ4v) is 1.49. The maximum atomic E-state index is 11.5. The maximum Gasteiger partial charge on any atom is 0.232 e. The topological polar surface area (TPSA) is 54.5 Å². The lowest BCUT2D eigenvalue weighted by atomic mass is 9.98. The van der Waals surface area contributed by atoms with Crippen molar-refractivity contribution in [3.8, 4) is 0 Å². The number of carbonyl (C=O) groups is 3. The normalized spacial score (nSPS) is 22.7. The van der Waals surface area contributed by atoms with E-state index >= 15 is 0 Å². The molecular weight excluding hydrogens is 182 g/mol. The molecule has 4 heteroatoms. The standard InChI is InChI=1S/C10H15NO3/c1-7-3-4-9(13)11(10(7)14)6-5-8(2)12/h7H,3-6H2,1-2H3. The second-order valence-electron chi connectivity index (χ2n) is 3.78. The van der Waals surface area contributed by atoms with Gasteiger partial charge in [0.15, 0.2) is 0 Å². The van der Waals surface area contributed by atoms with Crippen molar-refractivity contribution >= 4 is 17.6 Å². The monoisotopic (exact) mass is 197 g/mol. The molecule has 0 N–H and O–H groups in total. The molecule has 0 aliphatic carbocycles. The van der Waals surface area contributed by atoms with Crippen molar-refractivity contribution in [1.82, 2.24) is 4.90 Å². The van der Waals surface area contributed by atoms with E-state index in [0.29, 0.717) is 12.8 Å². The largest absolute Gasteiger partial charge is 0.300 e. The summed E-state index contributed by atoms with van der Waals surface area (Å²) in [5, 5.41) is 0. The van der Waals surface area contributed by atoms with Crippen LogP contribution in [-0.2, 0) is 14.4 Å². The molecule has 1 fully saturated rings. The number of ketones is 1. The number of rotatable bonds is 3. The average molecular weight is 197 g/mol. The van der Waals surface area contributed by atoms with Crippen molar-refractivity contribution in [1.29, 1.82) is 0 Å². The molecule has 1 aliphatic heterocycles. The Kier molecular flexibility index (Phi) is 3.38. The van der Waals surface area contributed by atoms with Crippen LogP contribution in [0.25, 0.3) is 0 Å². The summed E-state index contributed by atoms with van der Waals surface area (Å²) in [6, 6.07) is 0. The van der Waals surface area contributed by atoms with Gasteiger partial charge in [-0.05, 0) is 13.3 Å². The van der Waals surface area contributed by atoms with Crippen molar-refractivity contribution in [2.24, 2.45) is 5.92 Å². The lowest BCUT2D eigenvalue weighted by Crippen LogP contribution is -2.45. The lowest BCUT2D eigenvalue weighted by molar-refractivity contribution is -0.151. The molecule has 0 radical (unpaired) electrons. The van der Waals surface area contributed by atoms with Gasteiger partial charge in [0, 0.05) is 25.3 Å². The second-order valence-corrected chi connectivity index (χ2v) is 3.78. The Bertz CT molecular complexity index is 273. The van der Waals surface area contributed by atoms with E-state index in [-0.39, 0.29) is 36.5 Å². The molecule has 0 aromatic rings. The molecule has 0 saturated carbocycles. The van der Waals surface area contributed by atoms with Crippen molar-refractivity contribution in [2.75, 3.05) is 6.54 Å². The van der Waals surface area contributed by atoms with E-state index in [4.69, 9.17) is 0 Å². The van der Waals surface area contributed by atoms with Crippen LogP contribution < -0.4 is 0 Å². The van der Waals surface area contributed by atoms with Gasteiger partial charge in [0.25, 0.3) is 0 Å². The number of hydrogen-bond acceptors (Lipinski definition) is 3. The summed E-state index contributed by atoms with van der Waals surface area (Å²) in [6.45, 7) is 3.52. The summed E-state index contributed by atoms with van der Waals surface area (Å²) in [7, 11) is 0. The highest BCUT2D eigenvalue weighted by Gasteiger charge is 2.30. The summed E-state index contributed by atoms with van der Waals surface area (Å²) < 4.78 is 0. The van der Waals surface area contributed by atoms with E-state index < -0.39 is 0 Å². The number of amides is 2. The van der Waals surface area contributed by atoms with Crippen LogP contribution in [0.5, 0.6) is 0 Å². The zero-order valence-corrected chi connectivity index (χ0v) is 8.58. The number of likely N-dealkylation sites (tertiary alicyclic amines) is 1. The van der Waals surface area contributed by atoms with Crippen molar-refractivity contribution < 1.29 is 14.4 Å². The van der Waals surface area contributed by atoms with Gasteiger partial charge in [-0.15, -0.1) is 0 Å². The SMILES string of the molecule is CC(=O)CCN1C(=O)CCC(C)C1=O. The van der Waals surface area contributed by atoms with E-state index in [1.807, 2.05) is 6.92 Å². The average Bonchev–Trinajstić information content (AvgIpc) is 2.11. The molecule has 1 rings (SSSR count). The fraction of sp³-hybridized carbons (Fsp3) is 0.700. The van der Waals surface area contributed by atoms with Crippen LogP contribution in [0.1, 0.15) is 33.1 Å². The van der Waals surface area contributed by atoms with Gasteiger partial charge < -0.3 is 0 Å². The molecule has 1 aliphatic rings. The number of Topliss-reactive ketones (excluding diaryl/α,β-unsaturated/α-hetero) is 1. The fourth-order valence-electron chi connectivity index (χ4n) is 1.49. The summed E-state index contributed by atoms with van der Waals surface area (Å²) in [5.41, 5.74) is 0. The maximum absolute atomic E-state index is 11.5. The number of piperidine rings is 1. The summed E-state index contributed by atoms with van der Waals surface area (Å²) in [6.07, 6.45) is 1.32. The number of nitrogens with zero attached hydrogens (tertiary/aromatic N) is 1. The number of hydrogen-bond donors (Lipinski definition) is 0. The van der Waals surface area contributed by atoms with Crippen molar-refractivity contribution in [3.05, 3.63) is 0 Å². The second kappa shape index (κ2) is 4.35. The van der Waals surface area contributed by atoms with E-state index in [1.165, 1.54) is 11.8 Å². The summed E-state index contributed by atoms with van der Waals surface area (Å²) in [4.78, 5) is 34.8. The molecule has 1 unspecified atom stereocenters. The Balaban J connectivity index is 2.59. The molecule has 14 heavy (non-hydrogen) atoms. The first-order valence-electron chi connectivity index (χ1n) is 4.86. The molecule has 0 spiro atoms. The zero-order valence-electron chi connectivity index (χ0n) is 8.58. The molecule has 0 aromatic carbocycles. The molecule has 4 nitrogen and oxygen atoms in total. The summed E-state index contributed by atoms with van der Waals surface area (Å²) >= 11 is 0. The molecule has 1 atom stereocenters. The van der Waals surface area contributed by atoms with Crippen molar-refractivity contribution in [3.63, 3.8) is 0 Å². The molecule has 0 aromatic heterocycles. The third kappa shape index (κ3) is 2.40. The van der Waals surface area contributed by atoms with Crippen LogP contribution in [0.2, 0.25) is 0 Å². The Hall–Kier alpha value is -1.19. The van der Waals surface area contributed by atoms with E-state index in [2.05, 4.69) is 0 Å². The Labute approximate surface area is 83.3 Å². The predicted molar refractivity (Wildman–Crippen MR) is 50.4 cm³/mol. The van der Waals surface area contributed by atoms with Crippen LogP contribution >= 0.6 is 0 Å². The predicted octanol–water partition coefficient (Wildman–Crippen LogP) is 0.751. The molecular formula is C10H15NO3. The Morgan fingerprint density at radius 2 is 2.14 bits per heavy atom. The van der Waals surface area contributed by atoms with E-state index in [1.54, 1.807) is 0 Å². The first-order chi connectivity index (χ1) is 6.52. The minimum absolute atomic E-state index is 0.00354.